The number of halogens is 4. The number of aromatic nitrogens is 1. The predicted molar refractivity (Wildman–Crippen MR) is 144 cm³/mol. The first-order chi connectivity index (χ1) is 19.0. The molecule has 3 aromatic carbocycles. The minimum atomic E-state index is -4.90. The average Bonchev–Trinajstić information content (AvgIpc) is 3.33. The monoisotopic (exact) mass is 578 g/mol. The Bertz CT molecular complexity index is 1520. The molecular formula is C28H26ClF3N2O6. The number of nitrogens with one attached hydrogen (secondary N) is 2. The summed E-state index contributed by atoms with van der Waals surface area (Å²) in [5, 5.41) is 13.0. The lowest BCUT2D eigenvalue weighted by Gasteiger charge is -2.32. The van der Waals surface area contributed by atoms with E-state index < -0.39 is 23.4 Å². The molecule has 4 rings (SSSR count). The number of aliphatic hydroxyl groups excluding tert-OH is 1. The van der Waals surface area contributed by atoms with Crippen molar-refractivity contribution in [2.75, 3.05) is 32.8 Å². The molecule has 0 aliphatic carbocycles. The first-order valence-corrected chi connectivity index (χ1v) is 12.3. The van der Waals surface area contributed by atoms with Crippen molar-refractivity contribution in [3.8, 4) is 23.0 Å². The molecule has 0 saturated carbocycles. The van der Waals surface area contributed by atoms with Crippen LogP contribution in [0.1, 0.15) is 22.8 Å². The Balaban J connectivity index is 1.87. The largest absolute Gasteiger partial charge is 0.573 e. The van der Waals surface area contributed by atoms with Gasteiger partial charge in [-0.15, -0.1) is 13.2 Å². The predicted octanol–water partition coefficient (Wildman–Crippen LogP) is 6.32. The highest BCUT2D eigenvalue weighted by molar-refractivity contribution is 6.30. The molecule has 0 saturated heterocycles. The van der Waals surface area contributed by atoms with Gasteiger partial charge in [-0.3, -0.25) is 4.79 Å². The van der Waals surface area contributed by atoms with Crippen molar-refractivity contribution in [2.24, 2.45) is 0 Å². The number of anilines is 1. The molecule has 3 N–H and O–H groups in total. The van der Waals surface area contributed by atoms with Crippen LogP contribution in [0, 0.1) is 0 Å². The number of carbonyl (C=O) groups is 1. The van der Waals surface area contributed by atoms with Crippen LogP contribution in [0.25, 0.3) is 10.9 Å². The molecule has 0 bridgehead atoms. The van der Waals surface area contributed by atoms with Crippen LogP contribution in [0.4, 0.5) is 18.9 Å². The minimum Gasteiger partial charge on any atom is -0.497 e. The molecule has 0 unspecified atom stereocenters. The van der Waals surface area contributed by atoms with Gasteiger partial charge in [0, 0.05) is 57.1 Å². The molecule has 1 aromatic heterocycles. The van der Waals surface area contributed by atoms with E-state index in [4.69, 9.17) is 30.9 Å². The van der Waals surface area contributed by atoms with E-state index in [2.05, 4.69) is 15.0 Å². The van der Waals surface area contributed by atoms with E-state index in [9.17, 15) is 18.0 Å². The van der Waals surface area contributed by atoms with Gasteiger partial charge < -0.3 is 34.4 Å². The second kappa shape index (κ2) is 11.6. The Kier molecular flexibility index (Phi) is 8.36. The zero-order valence-electron chi connectivity index (χ0n) is 21.7. The first kappa shape index (κ1) is 28.9. The number of aliphatic hydroxyl groups is 1. The van der Waals surface area contributed by atoms with Crippen molar-refractivity contribution < 1.29 is 42.0 Å². The van der Waals surface area contributed by atoms with Gasteiger partial charge in [0.25, 0.3) is 0 Å². The van der Waals surface area contributed by atoms with Crippen LogP contribution in [0.2, 0.25) is 5.02 Å². The smallest absolute Gasteiger partial charge is 0.497 e. The number of carbonyl (C=O) groups excluding carboxylic acids is 1. The first-order valence-electron chi connectivity index (χ1n) is 11.9. The summed E-state index contributed by atoms with van der Waals surface area (Å²) in [6.07, 6.45) is -3.48. The lowest BCUT2D eigenvalue weighted by molar-refractivity contribution is -0.274. The molecule has 0 aliphatic rings. The van der Waals surface area contributed by atoms with Gasteiger partial charge in [0.15, 0.2) is 5.78 Å². The second-order valence-corrected chi connectivity index (χ2v) is 9.29. The summed E-state index contributed by atoms with van der Waals surface area (Å²) in [6, 6.07) is 13.4. The standard InChI is InChI=1S/C28H26ClF3N2O6/c1-27(23-6-4-16(29)10-25(23)38-3,34-17-11-19(37-2)13-20(12-17)39-9-8-35)26(36)22-15-33-24-7-5-18(14-21(22)24)40-28(30,31)32/h4-7,10-15,33-35H,8-9H2,1-3H3/t27-/m1/s1. The van der Waals surface area contributed by atoms with Gasteiger partial charge in [0.2, 0.25) is 0 Å². The van der Waals surface area contributed by atoms with Crippen LogP contribution in [-0.2, 0) is 5.54 Å². The van der Waals surface area contributed by atoms with Crippen LogP contribution in [0.3, 0.4) is 0 Å². The zero-order chi connectivity index (χ0) is 29.1. The molecule has 0 amide bonds. The number of aromatic amines is 1. The van der Waals surface area contributed by atoms with Crippen molar-refractivity contribution in [1.82, 2.24) is 4.98 Å². The molecule has 0 aliphatic heterocycles. The van der Waals surface area contributed by atoms with Crippen LogP contribution in [-0.4, -0.2) is 49.7 Å². The number of Topliss-reactive ketones (excluding diaryl/α,β-unsaturated/α-hetero) is 1. The summed E-state index contributed by atoms with van der Waals surface area (Å²) in [5.74, 6) is 0.123. The number of alkyl halides is 3. The SMILES string of the molecule is COc1cc(N[C@@](C)(C(=O)c2c[nH]c3ccc(OC(F)(F)F)cc23)c2ccc(Cl)cc2OC)cc(OCCO)c1. The van der Waals surface area contributed by atoms with Gasteiger partial charge in [-0.1, -0.05) is 17.7 Å². The normalized spacial score (nSPS) is 13.0. The second-order valence-electron chi connectivity index (χ2n) is 8.85. The number of H-pyrrole nitrogens is 1. The van der Waals surface area contributed by atoms with Gasteiger partial charge in [-0.05, 0) is 37.3 Å². The van der Waals surface area contributed by atoms with Gasteiger partial charge in [-0.2, -0.15) is 0 Å². The number of ketones is 1. The molecule has 1 atom stereocenters. The highest BCUT2D eigenvalue weighted by Crippen LogP contribution is 2.40. The summed E-state index contributed by atoms with van der Waals surface area (Å²) >= 11 is 6.19. The highest BCUT2D eigenvalue weighted by atomic mass is 35.5. The van der Waals surface area contributed by atoms with Crippen molar-refractivity contribution in [3.63, 3.8) is 0 Å². The molecule has 0 fully saturated rings. The van der Waals surface area contributed by atoms with Crippen molar-refractivity contribution >= 4 is 34.0 Å². The van der Waals surface area contributed by atoms with Crippen molar-refractivity contribution in [2.45, 2.75) is 18.8 Å². The van der Waals surface area contributed by atoms with Crippen LogP contribution >= 0.6 is 11.6 Å². The Morgan fingerprint density at radius 3 is 2.42 bits per heavy atom. The van der Waals surface area contributed by atoms with Crippen molar-refractivity contribution in [3.05, 3.63) is 76.9 Å². The van der Waals surface area contributed by atoms with E-state index in [0.717, 1.165) is 12.1 Å². The number of hydrogen-bond donors (Lipinski definition) is 3. The van der Waals surface area contributed by atoms with Gasteiger partial charge >= 0.3 is 6.36 Å². The third kappa shape index (κ3) is 6.21. The molecular weight excluding hydrogens is 553 g/mol. The Hall–Kier alpha value is -4.09. The number of ether oxygens (including phenoxy) is 4. The fourth-order valence-corrected chi connectivity index (χ4v) is 4.54. The summed E-state index contributed by atoms with van der Waals surface area (Å²) in [5.41, 5.74) is -0.186. The van der Waals surface area contributed by atoms with Crippen LogP contribution in [0.5, 0.6) is 23.0 Å². The number of benzene rings is 3. The Morgan fingerprint density at radius 1 is 1.00 bits per heavy atom. The third-order valence-corrected chi connectivity index (χ3v) is 6.39. The fourth-order valence-electron chi connectivity index (χ4n) is 4.38. The highest BCUT2D eigenvalue weighted by Gasteiger charge is 2.40. The maximum absolute atomic E-state index is 14.4. The maximum Gasteiger partial charge on any atom is 0.573 e. The Labute approximate surface area is 232 Å². The fraction of sp³-hybridized carbons (Fsp3) is 0.250. The molecule has 12 heteroatoms. The van der Waals surface area contributed by atoms with E-state index in [0.29, 0.717) is 39.0 Å². The summed E-state index contributed by atoms with van der Waals surface area (Å²) < 4.78 is 59.3. The molecule has 8 nitrogen and oxygen atoms in total. The average molecular weight is 579 g/mol. The van der Waals surface area contributed by atoms with Gasteiger partial charge in [-0.25, -0.2) is 0 Å². The minimum absolute atomic E-state index is 0.0332. The summed E-state index contributed by atoms with van der Waals surface area (Å²) in [6.45, 7) is 1.44. The van der Waals surface area contributed by atoms with Crippen LogP contribution in [0.15, 0.2) is 60.8 Å². The Morgan fingerprint density at radius 2 is 1.75 bits per heavy atom. The van der Waals surface area contributed by atoms with E-state index in [-0.39, 0.29) is 24.2 Å². The molecule has 0 radical (unpaired) electrons. The van der Waals surface area contributed by atoms with E-state index in [1.54, 1.807) is 43.3 Å². The number of hydrogen-bond acceptors (Lipinski definition) is 7. The summed E-state index contributed by atoms with van der Waals surface area (Å²) in [4.78, 5) is 17.3. The molecule has 212 valence electrons. The molecule has 40 heavy (non-hydrogen) atoms. The number of rotatable bonds is 11. The number of methoxy groups -OCH3 is 2. The topological polar surface area (TPSA) is 102 Å². The lowest BCUT2D eigenvalue weighted by Crippen LogP contribution is -2.41. The third-order valence-electron chi connectivity index (χ3n) is 6.16. The van der Waals surface area contributed by atoms with Crippen molar-refractivity contribution in [1.29, 1.82) is 0 Å². The van der Waals surface area contributed by atoms with Gasteiger partial charge in [0.1, 0.15) is 35.1 Å². The van der Waals surface area contributed by atoms with E-state index in [1.807, 2.05) is 0 Å². The molecule has 0 spiro atoms. The zero-order valence-corrected chi connectivity index (χ0v) is 22.4. The van der Waals surface area contributed by atoms with E-state index in [1.165, 1.54) is 26.5 Å². The van der Waals surface area contributed by atoms with Crippen LogP contribution < -0.4 is 24.3 Å². The number of fused-ring (bicyclic) bond motifs is 1. The van der Waals surface area contributed by atoms with E-state index >= 15 is 0 Å². The lowest BCUT2D eigenvalue weighted by atomic mass is 9.83. The molecule has 1 heterocycles. The summed E-state index contributed by atoms with van der Waals surface area (Å²) in [7, 11) is 2.90. The quantitative estimate of drug-likeness (QED) is 0.179. The molecule has 4 aromatic rings. The van der Waals surface area contributed by atoms with Gasteiger partial charge in [0.05, 0.1) is 20.8 Å². The maximum atomic E-state index is 14.4.